The van der Waals surface area contributed by atoms with Crippen LogP contribution in [0.1, 0.15) is 32.8 Å². The van der Waals surface area contributed by atoms with Crippen LogP contribution in [0.2, 0.25) is 0 Å². The van der Waals surface area contributed by atoms with E-state index in [1.807, 2.05) is 44.2 Å². The molecule has 0 aliphatic carbocycles. The number of benzene rings is 1. The smallest absolute Gasteiger partial charge is 0.328 e. The molecule has 0 spiro atoms. The van der Waals surface area contributed by atoms with Gasteiger partial charge >= 0.3 is 12.0 Å². The molecule has 0 saturated carbocycles. The fraction of sp³-hybridized carbons (Fsp3) is 0.500. The molecule has 116 valence electrons. The van der Waals surface area contributed by atoms with E-state index in [1.54, 1.807) is 6.92 Å². The average Bonchev–Trinajstić information content (AvgIpc) is 2.45. The minimum Gasteiger partial charge on any atom is -0.464 e. The van der Waals surface area contributed by atoms with Crippen LogP contribution in [0.15, 0.2) is 30.3 Å². The third-order valence-electron chi connectivity index (χ3n) is 2.88. The summed E-state index contributed by atoms with van der Waals surface area (Å²) in [5, 5.41) is 5.42. The maximum Gasteiger partial charge on any atom is 0.328 e. The SMILES string of the molecule is CCOC(=O)C(CC(C)C)NC(=O)NCc1ccccc1. The maximum atomic E-state index is 11.9. The van der Waals surface area contributed by atoms with E-state index in [9.17, 15) is 9.59 Å². The highest BCUT2D eigenvalue weighted by molar-refractivity contribution is 5.83. The lowest BCUT2D eigenvalue weighted by molar-refractivity contribution is -0.145. The molecular weight excluding hydrogens is 268 g/mol. The van der Waals surface area contributed by atoms with E-state index >= 15 is 0 Å². The maximum absolute atomic E-state index is 11.9. The Morgan fingerprint density at radius 1 is 1.19 bits per heavy atom. The molecule has 1 aromatic rings. The molecule has 0 saturated heterocycles. The summed E-state index contributed by atoms with van der Waals surface area (Å²) in [4.78, 5) is 23.7. The third-order valence-corrected chi connectivity index (χ3v) is 2.88. The number of urea groups is 1. The summed E-state index contributed by atoms with van der Waals surface area (Å²) < 4.78 is 4.99. The Bertz CT molecular complexity index is 446. The van der Waals surface area contributed by atoms with Crippen LogP contribution in [0.25, 0.3) is 0 Å². The Morgan fingerprint density at radius 2 is 1.86 bits per heavy atom. The van der Waals surface area contributed by atoms with Crippen LogP contribution in [0.4, 0.5) is 4.79 Å². The molecule has 2 N–H and O–H groups in total. The second kappa shape index (κ2) is 9.00. The van der Waals surface area contributed by atoms with Crippen molar-refractivity contribution in [3.63, 3.8) is 0 Å². The van der Waals surface area contributed by atoms with Crippen molar-refractivity contribution >= 4 is 12.0 Å². The molecule has 1 aromatic carbocycles. The van der Waals surface area contributed by atoms with Gasteiger partial charge in [-0.25, -0.2) is 9.59 Å². The van der Waals surface area contributed by atoms with Crippen molar-refractivity contribution in [2.45, 2.75) is 39.8 Å². The summed E-state index contributed by atoms with van der Waals surface area (Å²) in [6.07, 6.45) is 0.553. The largest absolute Gasteiger partial charge is 0.464 e. The lowest BCUT2D eigenvalue weighted by Crippen LogP contribution is -2.47. The van der Waals surface area contributed by atoms with E-state index in [1.165, 1.54) is 0 Å². The Morgan fingerprint density at radius 3 is 2.43 bits per heavy atom. The number of ether oxygens (including phenoxy) is 1. The van der Waals surface area contributed by atoms with Crippen LogP contribution in [-0.2, 0) is 16.1 Å². The van der Waals surface area contributed by atoms with Gasteiger partial charge in [0, 0.05) is 6.54 Å². The third kappa shape index (κ3) is 6.79. The molecular formula is C16H24N2O3. The fourth-order valence-corrected chi connectivity index (χ4v) is 1.92. The second-order valence-corrected chi connectivity index (χ2v) is 5.25. The quantitative estimate of drug-likeness (QED) is 0.759. The first-order valence-corrected chi connectivity index (χ1v) is 7.27. The van der Waals surface area contributed by atoms with Gasteiger partial charge in [0.2, 0.25) is 0 Å². The molecule has 0 bridgehead atoms. The van der Waals surface area contributed by atoms with Gasteiger partial charge in [0.05, 0.1) is 6.61 Å². The molecule has 1 rings (SSSR count). The zero-order valence-electron chi connectivity index (χ0n) is 12.9. The summed E-state index contributed by atoms with van der Waals surface area (Å²) in [6.45, 7) is 6.47. The number of hydrogen-bond donors (Lipinski definition) is 2. The molecule has 21 heavy (non-hydrogen) atoms. The number of nitrogens with one attached hydrogen (secondary N) is 2. The summed E-state index contributed by atoms with van der Waals surface area (Å²) >= 11 is 0. The highest BCUT2D eigenvalue weighted by Crippen LogP contribution is 2.06. The first kappa shape index (κ1) is 17.0. The number of rotatable bonds is 7. The zero-order chi connectivity index (χ0) is 15.7. The molecule has 0 aliphatic heterocycles. The Balaban J connectivity index is 2.49. The fourth-order valence-electron chi connectivity index (χ4n) is 1.92. The minimum absolute atomic E-state index is 0.286. The van der Waals surface area contributed by atoms with Crippen molar-refractivity contribution < 1.29 is 14.3 Å². The minimum atomic E-state index is -0.610. The average molecular weight is 292 g/mol. The van der Waals surface area contributed by atoms with Gasteiger partial charge in [-0.3, -0.25) is 0 Å². The standard InChI is InChI=1S/C16H24N2O3/c1-4-21-15(19)14(10-12(2)3)18-16(20)17-11-13-8-6-5-7-9-13/h5-9,12,14H,4,10-11H2,1-3H3,(H2,17,18,20). The number of hydrogen-bond acceptors (Lipinski definition) is 3. The number of carbonyl (C=O) groups is 2. The van der Waals surface area contributed by atoms with E-state index in [4.69, 9.17) is 4.74 Å². The van der Waals surface area contributed by atoms with Gasteiger partial charge in [-0.2, -0.15) is 0 Å². The predicted molar refractivity (Wildman–Crippen MR) is 81.7 cm³/mol. The molecule has 5 heteroatoms. The van der Waals surface area contributed by atoms with Gasteiger partial charge in [0.25, 0.3) is 0 Å². The molecule has 0 fully saturated rings. The van der Waals surface area contributed by atoms with Gasteiger partial charge in [-0.05, 0) is 24.8 Å². The van der Waals surface area contributed by atoms with E-state index in [2.05, 4.69) is 10.6 Å². The van der Waals surface area contributed by atoms with Crippen molar-refractivity contribution in [2.75, 3.05) is 6.61 Å². The molecule has 2 amide bonds. The van der Waals surface area contributed by atoms with Gasteiger partial charge in [0.15, 0.2) is 0 Å². The summed E-state index contributed by atoms with van der Waals surface area (Å²) in [5.74, 6) is -0.102. The monoisotopic (exact) mass is 292 g/mol. The van der Waals surface area contributed by atoms with E-state index < -0.39 is 6.04 Å². The number of carbonyl (C=O) groups excluding carboxylic acids is 2. The van der Waals surface area contributed by atoms with Crippen molar-refractivity contribution in [3.8, 4) is 0 Å². The summed E-state index contributed by atoms with van der Waals surface area (Å²) in [5.41, 5.74) is 1.00. The lowest BCUT2D eigenvalue weighted by Gasteiger charge is -2.19. The molecule has 0 aliphatic rings. The zero-order valence-corrected chi connectivity index (χ0v) is 12.9. The number of esters is 1. The van der Waals surface area contributed by atoms with Gasteiger partial charge in [0.1, 0.15) is 6.04 Å². The number of amides is 2. The summed E-state index contributed by atoms with van der Waals surface area (Å²) in [7, 11) is 0. The van der Waals surface area contributed by atoms with Gasteiger partial charge in [-0.1, -0.05) is 44.2 Å². The Labute approximate surface area is 126 Å². The lowest BCUT2D eigenvalue weighted by atomic mass is 10.0. The van der Waals surface area contributed by atoms with E-state index in [-0.39, 0.29) is 17.9 Å². The summed E-state index contributed by atoms with van der Waals surface area (Å²) in [6, 6.07) is 8.63. The predicted octanol–water partition coefficient (Wildman–Crippen LogP) is 2.46. The molecule has 0 heterocycles. The first-order chi connectivity index (χ1) is 10.0. The molecule has 0 radical (unpaired) electrons. The Kier molecular flexibility index (Phi) is 7.29. The van der Waals surface area contributed by atoms with Crippen LogP contribution in [0.3, 0.4) is 0 Å². The second-order valence-electron chi connectivity index (χ2n) is 5.25. The van der Waals surface area contributed by atoms with Crippen LogP contribution in [0.5, 0.6) is 0 Å². The van der Waals surface area contributed by atoms with Crippen LogP contribution in [0, 0.1) is 5.92 Å². The van der Waals surface area contributed by atoms with Gasteiger partial charge < -0.3 is 15.4 Å². The molecule has 1 atom stereocenters. The molecule has 5 nitrogen and oxygen atoms in total. The van der Waals surface area contributed by atoms with E-state index in [0.717, 1.165) is 5.56 Å². The Hall–Kier alpha value is -2.04. The topological polar surface area (TPSA) is 67.4 Å². The highest BCUT2D eigenvalue weighted by Gasteiger charge is 2.22. The van der Waals surface area contributed by atoms with Crippen LogP contribution in [-0.4, -0.2) is 24.6 Å². The molecule has 1 unspecified atom stereocenters. The van der Waals surface area contributed by atoms with E-state index in [0.29, 0.717) is 19.6 Å². The molecule has 0 aromatic heterocycles. The first-order valence-electron chi connectivity index (χ1n) is 7.27. The van der Waals surface area contributed by atoms with Crippen LogP contribution < -0.4 is 10.6 Å². The van der Waals surface area contributed by atoms with Gasteiger partial charge in [-0.15, -0.1) is 0 Å². The van der Waals surface area contributed by atoms with Crippen LogP contribution >= 0.6 is 0 Å². The van der Waals surface area contributed by atoms with Crippen molar-refractivity contribution in [3.05, 3.63) is 35.9 Å². The highest BCUT2D eigenvalue weighted by atomic mass is 16.5. The van der Waals surface area contributed by atoms with Crippen molar-refractivity contribution in [1.29, 1.82) is 0 Å². The van der Waals surface area contributed by atoms with Crippen molar-refractivity contribution in [1.82, 2.24) is 10.6 Å². The van der Waals surface area contributed by atoms with Crippen molar-refractivity contribution in [2.24, 2.45) is 5.92 Å². The normalized spacial score (nSPS) is 11.8.